The van der Waals surface area contributed by atoms with Gasteiger partial charge in [-0.1, -0.05) is 48.5 Å². The normalized spacial score (nSPS) is 16.4. The van der Waals surface area contributed by atoms with Crippen LogP contribution in [0.3, 0.4) is 0 Å². The van der Waals surface area contributed by atoms with Crippen LogP contribution in [0.1, 0.15) is 25.0 Å². The number of hydrogen-bond acceptors (Lipinski definition) is 5. The van der Waals surface area contributed by atoms with Gasteiger partial charge >= 0.3 is 11.6 Å². The van der Waals surface area contributed by atoms with Crippen molar-refractivity contribution in [2.24, 2.45) is 0 Å². The number of benzene rings is 3. The number of nitrogens with one attached hydrogen (secondary N) is 1. The van der Waals surface area contributed by atoms with E-state index in [1.165, 1.54) is 0 Å². The number of rotatable bonds is 5. The number of carbonyl (C=O) groups is 1. The molecule has 6 nitrogen and oxygen atoms in total. The van der Waals surface area contributed by atoms with Crippen molar-refractivity contribution < 1.29 is 23.6 Å². The second-order valence-electron chi connectivity index (χ2n) is 8.71. The quantitative estimate of drug-likeness (QED) is 0.291. The van der Waals surface area contributed by atoms with Crippen LogP contribution >= 0.6 is 0 Å². The van der Waals surface area contributed by atoms with E-state index in [0.29, 0.717) is 36.4 Å². The summed E-state index contributed by atoms with van der Waals surface area (Å²) < 4.78 is 17.4. The van der Waals surface area contributed by atoms with Crippen molar-refractivity contribution in [1.82, 2.24) is 0 Å². The van der Waals surface area contributed by atoms with E-state index >= 15 is 0 Å². The van der Waals surface area contributed by atoms with Crippen molar-refractivity contribution in [3.63, 3.8) is 0 Å². The Morgan fingerprint density at radius 1 is 0.970 bits per heavy atom. The van der Waals surface area contributed by atoms with Gasteiger partial charge in [0.1, 0.15) is 12.3 Å². The molecule has 1 unspecified atom stereocenters. The maximum Gasteiger partial charge on any atom is 0.365 e. The maximum atomic E-state index is 13.1. The van der Waals surface area contributed by atoms with Crippen molar-refractivity contribution >= 4 is 27.7 Å². The monoisotopic (exact) mass is 444 g/mol. The summed E-state index contributed by atoms with van der Waals surface area (Å²) in [6.07, 6.45) is 0.316. The summed E-state index contributed by atoms with van der Waals surface area (Å²) in [5.74, 6) is 0.420. The fourth-order valence-electron chi connectivity index (χ4n) is 4.52. The largest absolute Gasteiger partial charge is 0.459 e. The molecular formula is C27H26NO5+. The molecule has 4 aromatic rings. The van der Waals surface area contributed by atoms with E-state index in [2.05, 4.69) is 0 Å². The van der Waals surface area contributed by atoms with E-state index in [1.54, 1.807) is 6.07 Å². The van der Waals surface area contributed by atoms with Crippen LogP contribution in [0, 0.1) is 0 Å². The molecule has 1 aliphatic rings. The molecule has 3 aromatic carbocycles. The second kappa shape index (κ2) is 8.71. The Hall–Kier alpha value is -3.64. The number of quaternary nitrogens is 1. The SMILES string of the molecule is CC(C)OC(=O)[C@@H](Cc1ccccc1)[NH+]1COc2ccc3c(oc(=O)c4ccccc43)c2C1. The molecule has 33 heavy (non-hydrogen) atoms. The summed E-state index contributed by atoms with van der Waals surface area (Å²) in [7, 11) is 0. The minimum Gasteiger partial charge on any atom is -0.459 e. The van der Waals surface area contributed by atoms with Gasteiger partial charge in [-0.25, -0.2) is 9.59 Å². The van der Waals surface area contributed by atoms with E-state index in [9.17, 15) is 9.59 Å². The van der Waals surface area contributed by atoms with Crippen LogP contribution < -0.4 is 15.3 Å². The van der Waals surface area contributed by atoms with Gasteiger partial charge in [0.25, 0.3) is 0 Å². The first-order chi connectivity index (χ1) is 16.0. The number of ether oxygens (including phenoxy) is 2. The lowest BCUT2D eigenvalue weighted by atomic mass is 10.0. The Balaban J connectivity index is 1.56. The van der Waals surface area contributed by atoms with Crippen molar-refractivity contribution in [2.75, 3.05) is 6.73 Å². The molecule has 0 radical (unpaired) electrons. The molecular weight excluding hydrogens is 418 g/mol. The topological polar surface area (TPSA) is 70.2 Å². The highest BCUT2D eigenvalue weighted by Crippen LogP contribution is 2.32. The number of carbonyl (C=O) groups excluding carboxylic acids is 1. The molecule has 5 rings (SSSR count). The lowest BCUT2D eigenvalue weighted by Crippen LogP contribution is -3.17. The summed E-state index contributed by atoms with van der Waals surface area (Å²) in [6.45, 7) is 4.50. The van der Waals surface area contributed by atoms with E-state index in [1.807, 2.05) is 74.5 Å². The van der Waals surface area contributed by atoms with Crippen LogP contribution in [0.25, 0.3) is 21.7 Å². The molecule has 0 bridgehead atoms. The molecule has 2 heterocycles. The number of fused-ring (bicyclic) bond motifs is 5. The van der Waals surface area contributed by atoms with Crippen LogP contribution in [0.4, 0.5) is 0 Å². The third-order valence-electron chi connectivity index (χ3n) is 6.08. The average molecular weight is 445 g/mol. The summed E-state index contributed by atoms with van der Waals surface area (Å²) in [5.41, 5.74) is 1.99. The Morgan fingerprint density at radius 3 is 2.45 bits per heavy atom. The first-order valence-corrected chi connectivity index (χ1v) is 11.2. The fourth-order valence-corrected chi connectivity index (χ4v) is 4.52. The van der Waals surface area contributed by atoms with Crippen LogP contribution in [0.15, 0.2) is 75.9 Å². The summed E-state index contributed by atoms with van der Waals surface area (Å²) in [5, 5.41) is 2.25. The average Bonchev–Trinajstić information content (AvgIpc) is 2.82. The van der Waals surface area contributed by atoms with E-state index in [0.717, 1.165) is 26.8 Å². The fraction of sp³-hybridized carbons (Fsp3) is 0.259. The van der Waals surface area contributed by atoms with E-state index in [-0.39, 0.29) is 17.7 Å². The number of esters is 1. The molecule has 0 saturated carbocycles. The van der Waals surface area contributed by atoms with Gasteiger partial charge in [0, 0.05) is 11.8 Å². The zero-order chi connectivity index (χ0) is 22.9. The van der Waals surface area contributed by atoms with Gasteiger partial charge in [0.05, 0.1) is 17.1 Å². The highest BCUT2D eigenvalue weighted by molar-refractivity contribution is 6.05. The first-order valence-electron chi connectivity index (χ1n) is 11.2. The van der Waals surface area contributed by atoms with Crippen molar-refractivity contribution in [2.45, 2.75) is 39.0 Å². The molecule has 1 aliphatic heterocycles. The Labute approximate surface area is 191 Å². The van der Waals surface area contributed by atoms with E-state index < -0.39 is 6.04 Å². The van der Waals surface area contributed by atoms with Gasteiger partial charge in [-0.3, -0.25) is 4.90 Å². The number of hydrogen-bond donors (Lipinski definition) is 1. The van der Waals surface area contributed by atoms with Crippen molar-refractivity contribution in [3.05, 3.63) is 88.3 Å². The third-order valence-corrected chi connectivity index (χ3v) is 6.08. The highest BCUT2D eigenvalue weighted by Gasteiger charge is 2.36. The molecule has 0 aliphatic carbocycles. The Kier molecular flexibility index (Phi) is 5.60. The minimum atomic E-state index is -0.453. The van der Waals surface area contributed by atoms with Gasteiger partial charge < -0.3 is 13.9 Å². The molecule has 1 N–H and O–H groups in total. The van der Waals surface area contributed by atoms with Crippen LogP contribution in [-0.4, -0.2) is 24.8 Å². The van der Waals surface area contributed by atoms with Crippen LogP contribution in [0.2, 0.25) is 0 Å². The zero-order valence-electron chi connectivity index (χ0n) is 18.7. The predicted octanol–water partition coefficient (Wildman–Crippen LogP) is 3.24. The van der Waals surface area contributed by atoms with E-state index in [4.69, 9.17) is 13.9 Å². The molecule has 6 heteroatoms. The standard InChI is InChI=1S/C27H25NO5/c1-17(2)32-27(30)23(14-18-8-4-3-5-9-18)28-15-22-24(31-16-28)13-12-20-19-10-6-7-11-21(19)26(29)33-25(20)22/h3-13,17,23H,14-16H2,1-2H3/p+1/t23-/m1/s1. The molecule has 0 amide bonds. The third kappa shape index (κ3) is 4.10. The Morgan fingerprint density at radius 2 is 1.70 bits per heavy atom. The van der Waals surface area contributed by atoms with Gasteiger partial charge in [-0.2, -0.15) is 0 Å². The van der Waals surface area contributed by atoms with Gasteiger partial charge in [0.15, 0.2) is 11.6 Å². The second-order valence-corrected chi connectivity index (χ2v) is 8.71. The molecule has 0 saturated heterocycles. The van der Waals surface area contributed by atoms with Crippen LogP contribution in [-0.2, 0) is 22.5 Å². The highest BCUT2D eigenvalue weighted by atomic mass is 16.5. The molecule has 2 atom stereocenters. The molecule has 168 valence electrons. The van der Waals surface area contributed by atoms with Gasteiger partial charge in [-0.15, -0.1) is 0 Å². The maximum absolute atomic E-state index is 13.1. The predicted molar refractivity (Wildman–Crippen MR) is 125 cm³/mol. The molecule has 0 fully saturated rings. The molecule has 1 aromatic heterocycles. The lowest BCUT2D eigenvalue weighted by Gasteiger charge is -2.31. The first kappa shape index (κ1) is 21.2. The Bertz CT molecular complexity index is 1380. The summed E-state index contributed by atoms with van der Waals surface area (Å²) in [4.78, 5) is 26.7. The molecule has 0 spiro atoms. The summed E-state index contributed by atoms with van der Waals surface area (Å²) in [6, 6.07) is 20.7. The van der Waals surface area contributed by atoms with Crippen molar-refractivity contribution in [1.29, 1.82) is 0 Å². The van der Waals surface area contributed by atoms with Gasteiger partial charge in [0.2, 0.25) is 6.73 Å². The lowest BCUT2D eigenvalue weighted by molar-refractivity contribution is -0.948. The minimum absolute atomic E-state index is 0.210. The van der Waals surface area contributed by atoms with Crippen molar-refractivity contribution in [3.8, 4) is 5.75 Å². The zero-order valence-corrected chi connectivity index (χ0v) is 18.7. The van der Waals surface area contributed by atoms with Gasteiger partial charge in [-0.05, 0) is 43.0 Å². The smallest absolute Gasteiger partial charge is 0.365 e. The van der Waals surface area contributed by atoms with Crippen LogP contribution in [0.5, 0.6) is 5.75 Å². The summed E-state index contributed by atoms with van der Waals surface area (Å²) >= 11 is 0.